The maximum atomic E-state index is 9.04. The van der Waals surface area contributed by atoms with E-state index in [1.807, 2.05) is 32.0 Å². The van der Waals surface area contributed by atoms with Gasteiger partial charge in [-0.3, -0.25) is 0 Å². The summed E-state index contributed by atoms with van der Waals surface area (Å²) < 4.78 is 2.06. The normalized spacial score (nSPS) is 12.7. The molecule has 1 heterocycles. The summed E-state index contributed by atoms with van der Waals surface area (Å²) in [5.41, 5.74) is 3.40. The third kappa shape index (κ3) is 1.48. The van der Waals surface area contributed by atoms with Crippen LogP contribution in [-0.4, -0.2) is 4.57 Å². The van der Waals surface area contributed by atoms with E-state index in [0.717, 1.165) is 21.6 Å². The second-order valence-electron chi connectivity index (χ2n) is 4.05. The molecule has 3 heteroatoms. The molecule has 1 aromatic heterocycles. The molecule has 0 N–H and O–H groups in total. The number of benzene rings is 1. The van der Waals surface area contributed by atoms with Crippen LogP contribution in [-0.2, 0) is 0 Å². The molecule has 1 unspecified atom stereocenters. The van der Waals surface area contributed by atoms with Crippen LogP contribution in [0.25, 0.3) is 10.9 Å². The van der Waals surface area contributed by atoms with E-state index in [-0.39, 0.29) is 6.04 Å². The number of rotatable bonds is 1. The topological polar surface area (TPSA) is 28.7 Å². The standard InChI is InChI=1S/C13H13ClN2/c1-8(7-15)16-10(3)9(2)12-6-11(14)4-5-13(12)16/h4-6,8H,1-3H3. The van der Waals surface area contributed by atoms with Gasteiger partial charge in [-0.2, -0.15) is 5.26 Å². The lowest BCUT2D eigenvalue weighted by atomic mass is 10.2. The third-order valence-corrected chi connectivity index (χ3v) is 3.34. The van der Waals surface area contributed by atoms with Gasteiger partial charge in [-0.15, -0.1) is 0 Å². The Morgan fingerprint density at radius 2 is 2.06 bits per heavy atom. The molecule has 2 nitrogen and oxygen atoms in total. The van der Waals surface area contributed by atoms with E-state index in [1.54, 1.807) is 0 Å². The van der Waals surface area contributed by atoms with Gasteiger partial charge in [0, 0.05) is 21.6 Å². The van der Waals surface area contributed by atoms with Gasteiger partial charge < -0.3 is 4.57 Å². The van der Waals surface area contributed by atoms with Crippen molar-refractivity contribution in [1.82, 2.24) is 4.57 Å². The fourth-order valence-electron chi connectivity index (χ4n) is 2.13. The number of fused-ring (bicyclic) bond motifs is 1. The monoisotopic (exact) mass is 232 g/mol. The van der Waals surface area contributed by atoms with E-state index < -0.39 is 0 Å². The van der Waals surface area contributed by atoms with E-state index in [9.17, 15) is 0 Å². The van der Waals surface area contributed by atoms with Crippen molar-refractivity contribution in [2.24, 2.45) is 0 Å². The molecular formula is C13H13ClN2. The second kappa shape index (κ2) is 3.84. The predicted octanol–water partition coefficient (Wildman–Crippen LogP) is 4.00. The molecule has 2 rings (SSSR count). The van der Waals surface area contributed by atoms with Gasteiger partial charge in [0.05, 0.1) is 6.07 Å². The number of aromatic nitrogens is 1. The predicted molar refractivity (Wildman–Crippen MR) is 66.7 cm³/mol. The van der Waals surface area contributed by atoms with Crippen molar-refractivity contribution in [3.8, 4) is 6.07 Å². The highest BCUT2D eigenvalue weighted by molar-refractivity contribution is 6.31. The number of hydrogen-bond donors (Lipinski definition) is 0. The molecule has 0 radical (unpaired) electrons. The van der Waals surface area contributed by atoms with Gasteiger partial charge in [0.15, 0.2) is 0 Å². The molecular weight excluding hydrogens is 220 g/mol. The fraction of sp³-hybridized carbons (Fsp3) is 0.308. The van der Waals surface area contributed by atoms with Crippen LogP contribution in [0.1, 0.15) is 24.2 Å². The first-order chi connectivity index (χ1) is 7.56. The van der Waals surface area contributed by atoms with E-state index >= 15 is 0 Å². The van der Waals surface area contributed by atoms with E-state index in [1.165, 1.54) is 5.56 Å². The van der Waals surface area contributed by atoms with Crippen LogP contribution in [0, 0.1) is 25.2 Å². The van der Waals surface area contributed by atoms with Crippen molar-refractivity contribution >= 4 is 22.5 Å². The van der Waals surface area contributed by atoms with Crippen LogP contribution in [0.3, 0.4) is 0 Å². The summed E-state index contributed by atoms with van der Waals surface area (Å²) in [5.74, 6) is 0. The molecule has 0 aliphatic carbocycles. The highest BCUT2D eigenvalue weighted by Gasteiger charge is 2.14. The molecule has 16 heavy (non-hydrogen) atoms. The van der Waals surface area contributed by atoms with Gasteiger partial charge in [0.2, 0.25) is 0 Å². The van der Waals surface area contributed by atoms with Crippen LogP contribution in [0.2, 0.25) is 5.02 Å². The first-order valence-electron chi connectivity index (χ1n) is 5.22. The zero-order valence-electron chi connectivity index (χ0n) is 9.58. The van der Waals surface area contributed by atoms with Crippen LogP contribution in [0.4, 0.5) is 0 Å². The molecule has 0 saturated heterocycles. The Morgan fingerprint density at radius 1 is 1.38 bits per heavy atom. The van der Waals surface area contributed by atoms with Crippen molar-refractivity contribution in [1.29, 1.82) is 5.26 Å². The average Bonchev–Trinajstić information content (AvgIpc) is 2.52. The minimum Gasteiger partial charge on any atom is -0.328 e. The summed E-state index contributed by atoms with van der Waals surface area (Å²) in [4.78, 5) is 0. The maximum Gasteiger partial charge on any atom is 0.118 e. The van der Waals surface area contributed by atoms with E-state index in [0.29, 0.717) is 0 Å². The maximum absolute atomic E-state index is 9.04. The molecule has 0 aliphatic heterocycles. The number of aryl methyl sites for hydroxylation is 1. The first kappa shape index (κ1) is 11.0. The molecule has 0 spiro atoms. The van der Waals surface area contributed by atoms with Gasteiger partial charge in [-0.05, 0) is 44.5 Å². The summed E-state index contributed by atoms with van der Waals surface area (Å²) >= 11 is 5.99. The van der Waals surface area contributed by atoms with E-state index in [4.69, 9.17) is 16.9 Å². The van der Waals surface area contributed by atoms with Gasteiger partial charge in [0.25, 0.3) is 0 Å². The van der Waals surface area contributed by atoms with Crippen molar-refractivity contribution in [2.75, 3.05) is 0 Å². The summed E-state index contributed by atoms with van der Waals surface area (Å²) in [6.07, 6.45) is 0. The molecule has 1 atom stereocenters. The van der Waals surface area contributed by atoms with Crippen molar-refractivity contribution in [3.05, 3.63) is 34.5 Å². The van der Waals surface area contributed by atoms with Crippen LogP contribution in [0.5, 0.6) is 0 Å². The Balaban J connectivity index is 2.85. The zero-order chi connectivity index (χ0) is 11.9. The van der Waals surface area contributed by atoms with Crippen LogP contribution >= 0.6 is 11.6 Å². The molecule has 2 aromatic rings. The molecule has 0 saturated carbocycles. The van der Waals surface area contributed by atoms with Crippen molar-refractivity contribution in [2.45, 2.75) is 26.8 Å². The van der Waals surface area contributed by atoms with Crippen molar-refractivity contribution in [3.63, 3.8) is 0 Å². The SMILES string of the molecule is Cc1c(C)n(C(C)C#N)c2ccc(Cl)cc12. The van der Waals surface area contributed by atoms with E-state index in [2.05, 4.69) is 17.6 Å². The fourth-order valence-corrected chi connectivity index (χ4v) is 2.30. The summed E-state index contributed by atoms with van der Waals surface area (Å²) in [5, 5.41) is 10.9. The highest BCUT2D eigenvalue weighted by Crippen LogP contribution is 2.30. The quantitative estimate of drug-likeness (QED) is 0.731. The van der Waals surface area contributed by atoms with Crippen LogP contribution < -0.4 is 0 Å². The van der Waals surface area contributed by atoms with Gasteiger partial charge in [-0.25, -0.2) is 0 Å². The number of halogens is 1. The molecule has 0 bridgehead atoms. The lowest BCUT2D eigenvalue weighted by molar-refractivity contribution is 0.678. The van der Waals surface area contributed by atoms with Crippen molar-refractivity contribution < 1.29 is 0 Å². The summed E-state index contributed by atoms with van der Waals surface area (Å²) in [6.45, 7) is 6.01. The third-order valence-electron chi connectivity index (χ3n) is 3.10. The molecule has 1 aromatic carbocycles. The Hall–Kier alpha value is -1.46. The lowest BCUT2D eigenvalue weighted by Gasteiger charge is -2.10. The average molecular weight is 233 g/mol. The molecule has 0 fully saturated rings. The van der Waals surface area contributed by atoms with Gasteiger partial charge >= 0.3 is 0 Å². The zero-order valence-corrected chi connectivity index (χ0v) is 10.3. The second-order valence-corrected chi connectivity index (χ2v) is 4.48. The summed E-state index contributed by atoms with van der Waals surface area (Å²) in [7, 11) is 0. The smallest absolute Gasteiger partial charge is 0.118 e. The highest BCUT2D eigenvalue weighted by atomic mass is 35.5. The lowest BCUT2D eigenvalue weighted by Crippen LogP contribution is -2.04. The first-order valence-corrected chi connectivity index (χ1v) is 5.60. The van der Waals surface area contributed by atoms with Gasteiger partial charge in [-0.1, -0.05) is 11.6 Å². The summed E-state index contributed by atoms with van der Waals surface area (Å²) in [6, 6.07) is 7.92. The Bertz CT molecular complexity index is 590. The number of nitriles is 1. The number of hydrogen-bond acceptors (Lipinski definition) is 1. The molecule has 82 valence electrons. The molecule has 0 aliphatic rings. The minimum absolute atomic E-state index is 0.155. The minimum atomic E-state index is -0.155. The van der Waals surface area contributed by atoms with Gasteiger partial charge in [0.1, 0.15) is 6.04 Å². The largest absolute Gasteiger partial charge is 0.328 e. The Kier molecular flexibility index (Phi) is 2.65. The number of nitrogens with zero attached hydrogens (tertiary/aromatic N) is 2. The Morgan fingerprint density at radius 3 is 2.69 bits per heavy atom. The molecule has 0 amide bonds. The van der Waals surface area contributed by atoms with Crippen LogP contribution in [0.15, 0.2) is 18.2 Å². The Labute approximate surface area is 100 Å².